The molecule has 0 aliphatic rings. The lowest BCUT2D eigenvalue weighted by molar-refractivity contribution is 0.100. The molecule has 1 aromatic heterocycles. The number of nitrogens with zero attached hydrogens (tertiary/aromatic N) is 1. The number of hydrogen-bond acceptors (Lipinski definition) is 3. The van der Waals surface area contributed by atoms with Crippen molar-refractivity contribution in [3.05, 3.63) is 51.3 Å². The third-order valence-electron chi connectivity index (χ3n) is 2.12. The fourth-order valence-electron chi connectivity index (χ4n) is 1.44. The van der Waals surface area contributed by atoms with Gasteiger partial charge in [-0.3, -0.25) is 9.59 Å². The van der Waals surface area contributed by atoms with Crippen molar-refractivity contribution in [1.82, 2.24) is 4.98 Å². The van der Waals surface area contributed by atoms with Crippen molar-refractivity contribution in [1.29, 1.82) is 0 Å². The van der Waals surface area contributed by atoms with Crippen molar-refractivity contribution in [2.75, 3.05) is 0 Å². The molecule has 0 radical (unpaired) electrons. The van der Waals surface area contributed by atoms with Crippen LogP contribution in [0.3, 0.4) is 0 Å². The minimum Gasteiger partial charge on any atom is -0.328 e. The maximum Gasteiger partial charge on any atom is 0.318 e. The lowest BCUT2D eigenvalue weighted by Gasteiger charge is -1.99. The molecular weight excluding hydrogens is 196 g/mol. The van der Waals surface area contributed by atoms with Crippen LogP contribution in [-0.4, -0.2) is 10.9 Å². The highest BCUT2D eigenvalue weighted by molar-refractivity contribution is 6.06. The molecule has 0 atom stereocenters. The Hall–Kier alpha value is -2.30. The topological polar surface area (TPSA) is 79.4 Å². The fourth-order valence-corrected chi connectivity index (χ4v) is 1.44. The molecule has 5 nitrogen and oxygen atoms in total. The van der Waals surface area contributed by atoms with Gasteiger partial charge in [0.05, 0.1) is 5.56 Å². The van der Waals surface area contributed by atoms with E-state index in [-0.39, 0.29) is 11.1 Å². The Balaban J connectivity index is 2.89. The van der Waals surface area contributed by atoms with Crippen LogP contribution in [0.2, 0.25) is 0 Å². The second kappa shape index (κ2) is 3.45. The molecule has 0 aliphatic heterocycles. The molecule has 0 saturated carbocycles. The minimum atomic E-state index is -0.887. The summed E-state index contributed by atoms with van der Waals surface area (Å²) in [7, 11) is 0. The average molecular weight is 202 g/mol. The van der Waals surface area contributed by atoms with Crippen molar-refractivity contribution in [3.63, 3.8) is 0 Å². The monoisotopic (exact) mass is 202 g/mol. The number of H-pyrrole nitrogens is 1. The fraction of sp³-hybridized carbons (Fsp3) is 0. The predicted octanol–water partition coefficient (Wildman–Crippen LogP) is 1.43. The van der Waals surface area contributed by atoms with E-state index in [1.165, 1.54) is 6.20 Å². The smallest absolute Gasteiger partial charge is 0.318 e. The van der Waals surface area contributed by atoms with Crippen LogP contribution in [0.4, 0.5) is 0 Å². The number of nitrogens with one attached hydrogen (secondary N) is 1. The average Bonchev–Trinajstić information content (AvgIpc) is 2.29. The third kappa shape index (κ3) is 1.43. The predicted molar refractivity (Wildman–Crippen MR) is 54.7 cm³/mol. The van der Waals surface area contributed by atoms with Gasteiger partial charge in [-0.05, 0) is 6.07 Å². The molecule has 74 valence electrons. The molecular formula is C10H6N2O3. The van der Waals surface area contributed by atoms with E-state index < -0.39 is 5.91 Å². The highest BCUT2D eigenvalue weighted by Crippen LogP contribution is 2.14. The van der Waals surface area contributed by atoms with E-state index in [1.807, 2.05) is 0 Å². The Kier molecular flexibility index (Phi) is 2.13. The summed E-state index contributed by atoms with van der Waals surface area (Å²) in [6.07, 6.45) is 1.20. The zero-order chi connectivity index (χ0) is 10.8. The summed E-state index contributed by atoms with van der Waals surface area (Å²) in [6.45, 7) is 0. The van der Waals surface area contributed by atoms with Crippen LogP contribution in [0, 0.1) is 4.91 Å². The molecule has 15 heavy (non-hydrogen) atoms. The third-order valence-corrected chi connectivity index (χ3v) is 2.12. The van der Waals surface area contributed by atoms with Crippen LogP contribution >= 0.6 is 0 Å². The molecule has 1 N–H and O–H groups in total. The van der Waals surface area contributed by atoms with Crippen molar-refractivity contribution in [3.8, 4) is 0 Å². The number of benzene rings is 1. The zero-order valence-corrected chi connectivity index (χ0v) is 7.56. The summed E-state index contributed by atoms with van der Waals surface area (Å²) in [5, 5.41) is 3.13. The van der Waals surface area contributed by atoms with Gasteiger partial charge in [0, 0.05) is 22.1 Å². The normalized spacial score (nSPS) is 10.1. The first-order valence-electron chi connectivity index (χ1n) is 4.22. The number of rotatable bonds is 1. The van der Waals surface area contributed by atoms with E-state index in [9.17, 15) is 14.5 Å². The van der Waals surface area contributed by atoms with Gasteiger partial charge in [-0.15, -0.1) is 4.91 Å². The molecule has 1 aromatic carbocycles. The Morgan fingerprint density at radius 2 is 1.87 bits per heavy atom. The van der Waals surface area contributed by atoms with Crippen LogP contribution in [0.15, 0.2) is 40.4 Å². The summed E-state index contributed by atoms with van der Waals surface area (Å²) < 4.78 is 0. The molecule has 2 rings (SSSR count). The molecule has 5 heteroatoms. The van der Waals surface area contributed by atoms with E-state index in [0.717, 1.165) is 0 Å². The van der Waals surface area contributed by atoms with E-state index in [2.05, 4.69) is 10.2 Å². The first kappa shape index (κ1) is 9.26. The Morgan fingerprint density at radius 1 is 1.20 bits per heavy atom. The number of hydrogen-bond donors (Lipinski definition) is 1. The number of nitroso groups, excluding NO2 is 1. The SMILES string of the molecule is O=NC(=O)c1c[nH]c(=O)c2ccccc12. The summed E-state index contributed by atoms with van der Waals surface area (Å²) in [4.78, 5) is 35.0. The molecule has 1 heterocycles. The number of aromatic amines is 1. The molecule has 0 unspecified atom stereocenters. The van der Waals surface area contributed by atoms with Crippen molar-refractivity contribution in [2.24, 2.45) is 5.18 Å². The van der Waals surface area contributed by atoms with Gasteiger partial charge in [-0.25, -0.2) is 0 Å². The number of carbonyl (C=O) groups excluding carboxylic acids is 1. The maximum atomic E-state index is 11.4. The largest absolute Gasteiger partial charge is 0.328 e. The number of aromatic nitrogens is 1. The van der Waals surface area contributed by atoms with Crippen LogP contribution in [0.5, 0.6) is 0 Å². The number of fused-ring (bicyclic) bond motifs is 1. The van der Waals surface area contributed by atoms with Crippen LogP contribution < -0.4 is 5.56 Å². The van der Waals surface area contributed by atoms with Crippen molar-refractivity contribution < 1.29 is 4.79 Å². The number of pyridine rings is 1. The highest BCUT2D eigenvalue weighted by atomic mass is 16.3. The van der Waals surface area contributed by atoms with Gasteiger partial charge in [0.1, 0.15) is 0 Å². The first-order chi connectivity index (χ1) is 7.24. The van der Waals surface area contributed by atoms with Gasteiger partial charge in [-0.1, -0.05) is 18.2 Å². The summed E-state index contributed by atoms with van der Waals surface area (Å²) in [5.74, 6) is -0.887. The second-order valence-corrected chi connectivity index (χ2v) is 2.97. The molecule has 2 aromatic rings. The Bertz CT molecular complexity index is 601. The van der Waals surface area contributed by atoms with E-state index in [0.29, 0.717) is 10.8 Å². The number of amides is 1. The van der Waals surface area contributed by atoms with Gasteiger partial charge >= 0.3 is 5.91 Å². The molecule has 1 amide bonds. The van der Waals surface area contributed by atoms with Gasteiger partial charge in [0.25, 0.3) is 5.56 Å². The maximum absolute atomic E-state index is 11.4. The van der Waals surface area contributed by atoms with E-state index in [4.69, 9.17) is 0 Å². The van der Waals surface area contributed by atoms with Gasteiger partial charge in [0.2, 0.25) is 0 Å². The zero-order valence-electron chi connectivity index (χ0n) is 7.56. The molecule has 0 aliphatic carbocycles. The highest BCUT2D eigenvalue weighted by Gasteiger charge is 2.11. The van der Waals surface area contributed by atoms with E-state index >= 15 is 0 Å². The van der Waals surface area contributed by atoms with Gasteiger partial charge in [0.15, 0.2) is 0 Å². The lowest BCUT2D eigenvalue weighted by Crippen LogP contribution is -2.09. The van der Waals surface area contributed by atoms with Crippen LogP contribution in [-0.2, 0) is 0 Å². The Labute approximate surface area is 83.7 Å². The second-order valence-electron chi connectivity index (χ2n) is 2.97. The van der Waals surface area contributed by atoms with Crippen LogP contribution in [0.25, 0.3) is 10.8 Å². The van der Waals surface area contributed by atoms with Gasteiger partial charge in [-0.2, -0.15) is 0 Å². The molecule has 0 bridgehead atoms. The quantitative estimate of drug-likeness (QED) is 0.710. The van der Waals surface area contributed by atoms with Crippen molar-refractivity contribution in [2.45, 2.75) is 0 Å². The molecule has 0 spiro atoms. The Morgan fingerprint density at radius 3 is 2.53 bits per heavy atom. The minimum absolute atomic E-state index is 0.111. The van der Waals surface area contributed by atoms with Crippen LogP contribution in [0.1, 0.15) is 10.4 Å². The molecule has 0 fully saturated rings. The summed E-state index contributed by atoms with van der Waals surface area (Å²) >= 11 is 0. The summed E-state index contributed by atoms with van der Waals surface area (Å²) in [5.41, 5.74) is -0.187. The summed E-state index contributed by atoms with van der Waals surface area (Å²) in [6, 6.07) is 6.54. The van der Waals surface area contributed by atoms with Gasteiger partial charge < -0.3 is 4.98 Å². The van der Waals surface area contributed by atoms with Crippen molar-refractivity contribution >= 4 is 16.7 Å². The standard InChI is InChI=1S/C10H6N2O3/c13-9-7-4-2-1-3-6(7)8(5-11-9)10(14)12-15/h1-5H,(H,11,13). The first-order valence-corrected chi connectivity index (χ1v) is 4.22. The lowest BCUT2D eigenvalue weighted by atomic mass is 10.1. The number of carbonyl (C=O) groups is 1. The molecule has 0 saturated heterocycles. The van der Waals surface area contributed by atoms with E-state index in [1.54, 1.807) is 24.3 Å².